The summed E-state index contributed by atoms with van der Waals surface area (Å²) in [6.45, 7) is 4.03. The van der Waals surface area contributed by atoms with Crippen LogP contribution in [0.4, 0.5) is 0 Å². The third-order valence-corrected chi connectivity index (χ3v) is 3.05. The van der Waals surface area contributed by atoms with Crippen LogP contribution in [0, 0.1) is 6.92 Å². The van der Waals surface area contributed by atoms with Crippen molar-refractivity contribution in [3.63, 3.8) is 0 Å². The molecule has 0 aliphatic carbocycles. The Kier molecular flexibility index (Phi) is 4.71. The van der Waals surface area contributed by atoms with Gasteiger partial charge in [0.25, 0.3) is 0 Å². The molecule has 0 saturated heterocycles. The molecule has 0 saturated carbocycles. The molecule has 0 aliphatic heterocycles. The summed E-state index contributed by atoms with van der Waals surface area (Å²) in [4.78, 5) is 11.7. The van der Waals surface area contributed by atoms with Gasteiger partial charge in [0.15, 0.2) is 6.10 Å². The van der Waals surface area contributed by atoms with E-state index in [1.54, 1.807) is 13.2 Å². The highest BCUT2D eigenvalue weighted by Crippen LogP contribution is 2.24. The van der Waals surface area contributed by atoms with E-state index in [-0.39, 0.29) is 0 Å². The van der Waals surface area contributed by atoms with Crippen molar-refractivity contribution in [1.29, 1.82) is 0 Å². The third kappa shape index (κ3) is 3.60. The molecule has 0 fully saturated rings. The number of thioether (sulfide) groups is 1. The third-order valence-electron chi connectivity index (χ3n) is 1.84. The molecule has 0 aliphatic rings. The highest BCUT2D eigenvalue weighted by molar-refractivity contribution is 7.99. The first-order chi connectivity index (χ1) is 7.15. The van der Waals surface area contributed by atoms with E-state index >= 15 is 0 Å². The van der Waals surface area contributed by atoms with E-state index in [1.807, 2.05) is 13.0 Å². The van der Waals surface area contributed by atoms with Gasteiger partial charge in [0, 0.05) is 17.3 Å². The summed E-state index contributed by atoms with van der Waals surface area (Å²) in [6, 6.07) is 1.82. The standard InChI is InChI=1S/C10H14O4S/c1-3-13-8(10(11)12)6-15-9-4-5-14-7(9)2/h4-5,8H,3,6H2,1-2H3,(H,11,12). The van der Waals surface area contributed by atoms with Gasteiger partial charge in [-0.15, -0.1) is 11.8 Å². The van der Waals surface area contributed by atoms with Crippen LogP contribution in [0.15, 0.2) is 21.6 Å². The molecule has 1 atom stereocenters. The van der Waals surface area contributed by atoms with E-state index in [1.165, 1.54) is 11.8 Å². The van der Waals surface area contributed by atoms with E-state index in [0.29, 0.717) is 12.4 Å². The van der Waals surface area contributed by atoms with Gasteiger partial charge in [-0.2, -0.15) is 0 Å². The van der Waals surface area contributed by atoms with E-state index in [4.69, 9.17) is 14.3 Å². The molecule has 1 aromatic rings. The number of carboxylic acids is 1. The molecule has 1 aromatic heterocycles. The topological polar surface area (TPSA) is 59.7 Å². The lowest BCUT2D eigenvalue weighted by atomic mass is 10.4. The first kappa shape index (κ1) is 12.1. The molecular formula is C10H14O4S. The summed E-state index contributed by atoms with van der Waals surface area (Å²) < 4.78 is 10.2. The van der Waals surface area contributed by atoms with Crippen molar-refractivity contribution < 1.29 is 19.1 Å². The fourth-order valence-corrected chi connectivity index (χ4v) is 2.05. The zero-order chi connectivity index (χ0) is 11.3. The van der Waals surface area contributed by atoms with Gasteiger partial charge in [-0.25, -0.2) is 4.79 Å². The Hall–Kier alpha value is -0.940. The SMILES string of the molecule is CCOC(CSc1ccoc1C)C(=O)O. The van der Waals surface area contributed by atoms with Crippen LogP contribution in [0.3, 0.4) is 0 Å². The molecule has 0 bridgehead atoms. The largest absolute Gasteiger partial charge is 0.479 e. The Morgan fingerprint density at radius 3 is 2.93 bits per heavy atom. The quantitative estimate of drug-likeness (QED) is 0.759. The fourth-order valence-electron chi connectivity index (χ4n) is 1.08. The normalized spacial score (nSPS) is 12.7. The molecule has 1 rings (SSSR count). The Bertz CT molecular complexity index is 321. The van der Waals surface area contributed by atoms with Gasteiger partial charge in [-0.1, -0.05) is 0 Å². The summed E-state index contributed by atoms with van der Waals surface area (Å²) in [5.41, 5.74) is 0. The van der Waals surface area contributed by atoms with E-state index in [9.17, 15) is 4.79 Å². The molecule has 84 valence electrons. The molecule has 15 heavy (non-hydrogen) atoms. The maximum absolute atomic E-state index is 10.8. The minimum atomic E-state index is -0.925. The van der Waals surface area contributed by atoms with Crippen molar-refractivity contribution in [2.45, 2.75) is 24.8 Å². The lowest BCUT2D eigenvalue weighted by Gasteiger charge is -2.11. The Labute approximate surface area is 92.6 Å². The minimum absolute atomic E-state index is 0.392. The van der Waals surface area contributed by atoms with Crippen molar-refractivity contribution in [3.05, 3.63) is 18.1 Å². The van der Waals surface area contributed by atoms with Crippen LogP contribution < -0.4 is 0 Å². The highest BCUT2D eigenvalue weighted by atomic mass is 32.2. The van der Waals surface area contributed by atoms with Crippen molar-refractivity contribution >= 4 is 17.7 Å². The second kappa shape index (κ2) is 5.82. The molecule has 1 N–H and O–H groups in total. The molecular weight excluding hydrogens is 216 g/mol. The zero-order valence-corrected chi connectivity index (χ0v) is 9.54. The number of aryl methyl sites for hydroxylation is 1. The number of ether oxygens (including phenoxy) is 1. The van der Waals surface area contributed by atoms with Gasteiger partial charge in [0.05, 0.1) is 6.26 Å². The Morgan fingerprint density at radius 2 is 2.47 bits per heavy atom. The second-order valence-corrected chi connectivity index (χ2v) is 4.00. The molecule has 0 aromatic carbocycles. The van der Waals surface area contributed by atoms with E-state index < -0.39 is 12.1 Å². The van der Waals surface area contributed by atoms with Crippen LogP contribution in [0.25, 0.3) is 0 Å². The first-order valence-corrected chi connectivity index (χ1v) is 5.65. The average molecular weight is 230 g/mol. The molecule has 4 nitrogen and oxygen atoms in total. The Balaban J connectivity index is 2.47. The molecule has 1 heterocycles. The van der Waals surface area contributed by atoms with Gasteiger partial charge >= 0.3 is 5.97 Å². The van der Waals surface area contributed by atoms with Gasteiger partial charge in [-0.3, -0.25) is 0 Å². The zero-order valence-electron chi connectivity index (χ0n) is 8.73. The lowest BCUT2D eigenvalue weighted by Crippen LogP contribution is -2.26. The van der Waals surface area contributed by atoms with Crippen molar-refractivity contribution in [2.75, 3.05) is 12.4 Å². The van der Waals surface area contributed by atoms with Crippen LogP contribution in [-0.2, 0) is 9.53 Å². The van der Waals surface area contributed by atoms with Gasteiger partial charge in [0.2, 0.25) is 0 Å². The van der Waals surface area contributed by atoms with Gasteiger partial charge < -0.3 is 14.3 Å². The maximum atomic E-state index is 10.8. The summed E-state index contributed by atoms with van der Waals surface area (Å²) in [7, 11) is 0. The van der Waals surface area contributed by atoms with E-state index in [0.717, 1.165) is 10.7 Å². The minimum Gasteiger partial charge on any atom is -0.479 e. The van der Waals surface area contributed by atoms with Gasteiger partial charge in [0.1, 0.15) is 5.76 Å². The van der Waals surface area contributed by atoms with Crippen LogP contribution in [0.1, 0.15) is 12.7 Å². The molecule has 5 heteroatoms. The van der Waals surface area contributed by atoms with Crippen molar-refractivity contribution in [2.24, 2.45) is 0 Å². The van der Waals surface area contributed by atoms with Crippen LogP contribution in [-0.4, -0.2) is 29.5 Å². The van der Waals surface area contributed by atoms with Gasteiger partial charge in [-0.05, 0) is 19.9 Å². The average Bonchev–Trinajstić information content (AvgIpc) is 2.58. The number of carbonyl (C=O) groups is 1. The number of furan rings is 1. The summed E-state index contributed by atoms with van der Waals surface area (Å²) in [6.07, 6.45) is 0.836. The summed E-state index contributed by atoms with van der Waals surface area (Å²) >= 11 is 1.43. The number of carboxylic acid groups (broad SMARTS) is 1. The predicted octanol–water partition coefficient (Wildman–Crippen LogP) is 2.17. The fraction of sp³-hybridized carbons (Fsp3) is 0.500. The predicted molar refractivity (Wildman–Crippen MR) is 57.2 cm³/mol. The lowest BCUT2D eigenvalue weighted by molar-refractivity contribution is -0.148. The monoisotopic (exact) mass is 230 g/mol. The highest BCUT2D eigenvalue weighted by Gasteiger charge is 2.18. The molecule has 0 amide bonds. The van der Waals surface area contributed by atoms with Crippen LogP contribution in [0.2, 0.25) is 0 Å². The number of aliphatic carboxylic acids is 1. The van der Waals surface area contributed by atoms with Crippen molar-refractivity contribution in [3.8, 4) is 0 Å². The smallest absolute Gasteiger partial charge is 0.333 e. The first-order valence-electron chi connectivity index (χ1n) is 4.66. The number of hydrogen-bond acceptors (Lipinski definition) is 4. The second-order valence-electron chi connectivity index (χ2n) is 2.93. The summed E-state index contributed by atoms with van der Waals surface area (Å²) in [5, 5.41) is 8.84. The number of rotatable bonds is 6. The molecule has 0 radical (unpaired) electrons. The maximum Gasteiger partial charge on any atom is 0.333 e. The number of hydrogen-bond donors (Lipinski definition) is 1. The Morgan fingerprint density at radius 1 is 1.73 bits per heavy atom. The van der Waals surface area contributed by atoms with Crippen molar-refractivity contribution in [1.82, 2.24) is 0 Å². The van der Waals surface area contributed by atoms with Crippen LogP contribution >= 0.6 is 11.8 Å². The van der Waals surface area contributed by atoms with Crippen LogP contribution in [0.5, 0.6) is 0 Å². The molecule has 0 spiro atoms. The molecule has 1 unspecified atom stereocenters. The van der Waals surface area contributed by atoms with E-state index in [2.05, 4.69) is 0 Å². The summed E-state index contributed by atoms with van der Waals surface area (Å²) in [5.74, 6) is 0.273.